The van der Waals surface area contributed by atoms with Gasteiger partial charge in [0.05, 0.1) is 22.0 Å². The van der Waals surface area contributed by atoms with Crippen LogP contribution in [-0.4, -0.2) is 45.8 Å². The van der Waals surface area contributed by atoms with Crippen LogP contribution in [0, 0.1) is 12.3 Å². The molecule has 8 heteroatoms. The predicted octanol–water partition coefficient (Wildman–Crippen LogP) is 2.76. The Labute approximate surface area is 173 Å². The molecular formula is C21H26N4O3S. The Balaban J connectivity index is 1.75. The van der Waals surface area contributed by atoms with Crippen LogP contribution >= 0.6 is 11.3 Å². The van der Waals surface area contributed by atoms with Gasteiger partial charge in [-0.1, -0.05) is 11.6 Å². The van der Waals surface area contributed by atoms with Crippen molar-refractivity contribution < 1.29 is 9.59 Å². The second-order valence-corrected chi connectivity index (χ2v) is 9.35. The summed E-state index contributed by atoms with van der Waals surface area (Å²) in [6, 6.07) is -0.0855. The molecule has 2 N–H and O–H groups in total. The first kappa shape index (κ1) is 19.8. The van der Waals surface area contributed by atoms with Gasteiger partial charge in [-0.3, -0.25) is 14.4 Å². The molecule has 2 bridgehead atoms. The molecule has 4 rings (SSSR count). The molecule has 2 aromatic heterocycles. The number of carbonyl (C=O) groups excluding carboxylic acids is 2. The summed E-state index contributed by atoms with van der Waals surface area (Å²) in [7, 11) is 1.67. The van der Waals surface area contributed by atoms with E-state index in [-0.39, 0.29) is 29.5 Å². The Hall–Kier alpha value is -2.48. The minimum atomic E-state index is -0.592. The quantitative estimate of drug-likeness (QED) is 0.752. The number of aromatic nitrogens is 2. The van der Waals surface area contributed by atoms with Crippen LogP contribution < -0.4 is 10.9 Å². The van der Waals surface area contributed by atoms with Crippen molar-refractivity contribution in [1.29, 1.82) is 0 Å². The van der Waals surface area contributed by atoms with E-state index in [1.54, 1.807) is 14.0 Å². The summed E-state index contributed by atoms with van der Waals surface area (Å²) in [4.78, 5) is 48.6. The molecule has 0 radical (unpaired) electrons. The fourth-order valence-corrected chi connectivity index (χ4v) is 6.17. The molecule has 0 unspecified atom stereocenters. The van der Waals surface area contributed by atoms with E-state index in [1.165, 1.54) is 23.2 Å². The summed E-state index contributed by atoms with van der Waals surface area (Å²) in [5.74, 6) is -0.0773. The Morgan fingerprint density at radius 3 is 2.83 bits per heavy atom. The van der Waals surface area contributed by atoms with Crippen molar-refractivity contribution in [3.63, 3.8) is 0 Å². The molecule has 2 amide bonds. The molecule has 154 valence electrons. The van der Waals surface area contributed by atoms with Crippen LogP contribution in [0.1, 0.15) is 54.8 Å². The number of aryl methyl sites for hydroxylation is 1. The number of allylic oxidation sites excluding steroid dienone is 2. The van der Waals surface area contributed by atoms with Crippen LogP contribution in [0.3, 0.4) is 0 Å². The third-order valence-corrected chi connectivity index (χ3v) is 7.64. The Kier molecular flexibility index (Phi) is 4.85. The highest BCUT2D eigenvalue weighted by atomic mass is 32.1. The van der Waals surface area contributed by atoms with Gasteiger partial charge in [-0.2, -0.15) is 0 Å². The third-order valence-electron chi connectivity index (χ3n) is 6.46. The number of fused-ring (bicyclic) bond motifs is 3. The lowest BCUT2D eigenvalue weighted by molar-refractivity contribution is -0.132. The van der Waals surface area contributed by atoms with Crippen LogP contribution in [0.5, 0.6) is 0 Å². The van der Waals surface area contributed by atoms with Gasteiger partial charge < -0.3 is 15.2 Å². The van der Waals surface area contributed by atoms with Gasteiger partial charge in [0.2, 0.25) is 5.91 Å². The van der Waals surface area contributed by atoms with E-state index in [1.807, 2.05) is 18.7 Å². The summed E-state index contributed by atoms with van der Waals surface area (Å²) in [5.41, 5.74) is 1.02. The number of amides is 2. The Morgan fingerprint density at radius 2 is 2.17 bits per heavy atom. The molecule has 0 saturated carbocycles. The van der Waals surface area contributed by atoms with E-state index >= 15 is 0 Å². The summed E-state index contributed by atoms with van der Waals surface area (Å²) >= 11 is 1.26. The average Bonchev–Trinajstić information content (AvgIpc) is 3.36. The van der Waals surface area contributed by atoms with E-state index in [9.17, 15) is 14.4 Å². The van der Waals surface area contributed by atoms with Gasteiger partial charge in [0, 0.05) is 19.1 Å². The summed E-state index contributed by atoms with van der Waals surface area (Å²) in [6.07, 6.45) is 6.51. The smallest absolute Gasteiger partial charge is 0.264 e. The van der Waals surface area contributed by atoms with E-state index in [2.05, 4.69) is 21.4 Å². The number of hydrogen-bond donors (Lipinski definition) is 2. The number of H-pyrrole nitrogens is 1. The highest BCUT2D eigenvalue weighted by Crippen LogP contribution is 2.53. The van der Waals surface area contributed by atoms with Gasteiger partial charge in [0.1, 0.15) is 4.83 Å². The van der Waals surface area contributed by atoms with Crippen LogP contribution in [0.2, 0.25) is 0 Å². The van der Waals surface area contributed by atoms with E-state index < -0.39 is 5.41 Å². The minimum Gasteiger partial charge on any atom is -0.359 e. The highest BCUT2D eigenvalue weighted by Gasteiger charge is 2.60. The zero-order valence-electron chi connectivity index (χ0n) is 17.2. The molecular weight excluding hydrogens is 388 g/mol. The maximum absolute atomic E-state index is 13.6. The second-order valence-electron chi connectivity index (χ2n) is 8.35. The van der Waals surface area contributed by atoms with Crippen molar-refractivity contribution >= 4 is 33.4 Å². The SMILES string of the molecule is CNC(=O)[C@@]1(CC=C(C)C)C[C@H]2CC[C@@H]1N2C(=O)c1sc2nc[nH]c(=O)c2c1C. The molecule has 2 aromatic rings. The van der Waals surface area contributed by atoms with Gasteiger partial charge in [0.25, 0.3) is 11.5 Å². The maximum atomic E-state index is 13.6. The number of carbonyl (C=O) groups is 2. The minimum absolute atomic E-state index is 0.00572. The molecule has 2 saturated heterocycles. The zero-order valence-corrected chi connectivity index (χ0v) is 18.0. The van der Waals surface area contributed by atoms with Crippen LogP contribution in [0.15, 0.2) is 22.8 Å². The molecule has 4 heterocycles. The van der Waals surface area contributed by atoms with E-state index in [4.69, 9.17) is 0 Å². The predicted molar refractivity (Wildman–Crippen MR) is 113 cm³/mol. The molecule has 2 aliphatic heterocycles. The second kappa shape index (κ2) is 7.09. The topological polar surface area (TPSA) is 95.2 Å². The van der Waals surface area contributed by atoms with Crippen LogP contribution in [0.4, 0.5) is 0 Å². The van der Waals surface area contributed by atoms with Crippen molar-refractivity contribution in [1.82, 2.24) is 20.2 Å². The maximum Gasteiger partial charge on any atom is 0.264 e. The molecule has 0 aliphatic carbocycles. The Bertz CT molecular complexity index is 1080. The normalized spacial score (nSPS) is 25.4. The van der Waals surface area contributed by atoms with Crippen molar-refractivity contribution in [2.24, 2.45) is 5.41 Å². The van der Waals surface area contributed by atoms with E-state index in [0.29, 0.717) is 33.5 Å². The lowest BCUT2D eigenvalue weighted by atomic mass is 9.70. The lowest BCUT2D eigenvalue weighted by Gasteiger charge is -2.35. The average molecular weight is 415 g/mol. The van der Waals surface area contributed by atoms with E-state index in [0.717, 1.165) is 12.8 Å². The van der Waals surface area contributed by atoms with Gasteiger partial charge in [0.15, 0.2) is 0 Å². The third kappa shape index (κ3) is 2.92. The largest absolute Gasteiger partial charge is 0.359 e. The molecule has 2 fully saturated rings. The lowest BCUT2D eigenvalue weighted by Crippen LogP contribution is -2.49. The number of nitrogens with one attached hydrogen (secondary N) is 2. The number of rotatable bonds is 4. The molecule has 29 heavy (non-hydrogen) atoms. The number of aromatic amines is 1. The van der Waals surface area contributed by atoms with Crippen molar-refractivity contribution in [3.8, 4) is 0 Å². The molecule has 2 aliphatic rings. The molecule has 0 spiro atoms. The van der Waals surface area contributed by atoms with Gasteiger partial charge in [-0.05, 0) is 52.0 Å². The zero-order chi connectivity index (χ0) is 20.9. The summed E-state index contributed by atoms with van der Waals surface area (Å²) in [5, 5.41) is 3.32. The van der Waals surface area contributed by atoms with Gasteiger partial charge >= 0.3 is 0 Å². The summed E-state index contributed by atoms with van der Waals surface area (Å²) in [6.45, 7) is 5.85. The first-order valence-electron chi connectivity index (χ1n) is 9.95. The first-order valence-corrected chi connectivity index (χ1v) is 10.8. The fraction of sp³-hybridized carbons (Fsp3) is 0.524. The molecule has 7 nitrogen and oxygen atoms in total. The molecule has 0 aromatic carbocycles. The van der Waals surface area contributed by atoms with Crippen molar-refractivity contribution in [2.75, 3.05) is 7.05 Å². The molecule has 3 atom stereocenters. The fourth-order valence-electron chi connectivity index (χ4n) is 5.08. The van der Waals surface area contributed by atoms with Crippen LogP contribution in [-0.2, 0) is 4.79 Å². The monoisotopic (exact) mass is 414 g/mol. The number of nitrogens with zero attached hydrogens (tertiary/aromatic N) is 2. The van der Waals surface area contributed by atoms with Crippen molar-refractivity contribution in [2.45, 2.75) is 58.5 Å². The van der Waals surface area contributed by atoms with Gasteiger partial charge in [-0.25, -0.2) is 4.98 Å². The van der Waals surface area contributed by atoms with Crippen LogP contribution in [0.25, 0.3) is 10.2 Å². The standard InChI is InChI=1S/C21H26N4O3S/c1-11(2)7-8-21(20(28)22-4)9-13-5-6-14(21)25(13)19(27)16-12(3)15-17(26)23-10-24-18(15)29-16/h7,10,13-14H,5-6,8-9H2,1-4H3,(H,22,28)(H,23,24,26)/t13-,14+,21+/m1/s1. The first-order chi connectivity index (χ1) is 13.8. The number of thiophene rings is 1. The van der Waals surface area contributed by atoms with Crippen molar-refractivity contribution in [3.05, 3.63) is 38.8 Å². The number of hydrogen-bond acceptors (Lipinski definition) is 5. The Morgan fingerprint density at radius 1 is 1.41 bits per heavy atom. The van der Waals surface area contributed by atoms with Gasteiger partial charge in [-0.15, -0.1) is 11.3 Å². The highest BCUT2D eigenvalue weighted by molar-refractivity contribution is 7.20. The summed E-state index contributed by atoms with van der Waals surface area (Å²) < 4.78 is 0.